The quantitative estimate of drug-likeness (QED) is 0.832. The maximum atomic E-state index is 12.3. The molecule has 2 unspecified atom stereocenters. The molecule has 0 radical (unpaired) electrons. The van der Waals surface area contributed by atoms with Crippen molar-refractivity contribution in [3.8, 4) is 0 Å². The average Bonchev–Trinajstić information content (AvgIpc) is 2.88. The van der Waals surface area contributed by atoms with E-state index in [4.69, 9.17) is 15.2 Å². The Morgan fingerprint density at radius 3 is 2.74 bits per heavy atom. The molecule has 2 saturated heterocycles. The lowest BCUT2D eigenvalue weighted by Gasteiger charge is -2.35. The Morgan fingerprint density at radius 1 is 1.42 bits per heavy atom. The van der Waals surface area contributed by atoms with E-state index in [9.17, 15) is 4.79 Å². The highest BCUT2D eigenvalue weighted by Gasteiger charge is 2.36. The van der Waals surface area contributed by atoms with E-state index in [0.29, 0.717) is 18.6 Å². The zero-order valence-electron chi connectivity index (χ0n) is 11.5. The van der Waals surface area contributed by atoms with Gasteiger partial charge in [0.15, 0.2) is 0 Å². The summed E-state index contributed by atoms with van der Waals surface area (Å²) >= 11 is 0. The maximum Gasteiger partial charge on any atom is 0.242 e. The molecule has 0 spiro atoms. The topological polar surface area (TPSA) is 64.8 Å². The van der Waals surface area contributed by atoms with Crippen molar-refractivity contribution in [1.82, 2.24) is 4.90 Å². The lowest BCUT2D eigenvalue weighted by molar-refractivity contribution is -0.136. The van der Waals surface area contributed by atoms with Crippen molar-refractivity contribution < 1.29 is 14.3 Å². The molecule has 0 aliphatic carbocycles. The van der Waals surface area contributed by atoms with E-state index in [0.717, 1.165) is 45.4 Å². The minimum absolute atomic E-state index is 0. The summed E-state index contributed by atoms with van der Waals surface area (Å²) in [4.78, 5) is 14.3. The number of rotatable bonds is 4. The van der Waals surface area contributed by atoms with E-state index in [2.05, 4.69) is 0 Å². The summed E-state index contributed by atoms with van der Waals surface area (Å²) in [5.74, 6) is 0.630. The standard InChI is InChI=1S/C13H24N2O3.ClH/c1-17-9-11(14)13(16)15-6-2-3-12(15)10-4-7-18-8-5-10;/h10-12H,2-9,14H2,1H3;1H. The Morgan fingerprint density at radius 2 is 2.11 bits per heavy atom. The molecule has 1 amide bonds. The number of halogens is 1. The Kier molecular flexibility index (Phi) is 7.07. The fourth-order valence-corrected chi connectivity index (χ4v) is 3.12. The van der Waals surface area contributed by atoms with Crippen LogP contribution >= 0.6 is 12.4 Å². The van der Waals surface area contributed by atoms with E-state index in [1.807, 2.05) is 4.90 Å². The molecule has 2 fully saturated rings. The molecule has 2 aliphatic heterocycles. The van der Waals surface area contributed by atoms with Crippen LogP contribution in [-0.2, 0) is 14.3 Å². The third-order valence-electron chi connectivity index (χ3n) is 4.06. The molecule has 2 aliphatic rings. The van der Waals surface area contributed by atoms with E-state index in [1.165, 1.54) is 0 Å². The first-order valence-corrected chi connectivity index (χ1v) is 6.86. The molecule has 2 heterocycles. The third-order valence-corrected chi connectivity index (χ3v) is 4.06. The highest BCUT2D eigenvalue weighted by atomic mass is 35.5. The molecule has 0 bridgehead atoms. The van der Waals surface area contributed by atoms with Crippen molar-refractivity contribution in [2.45, 2.75) is 37.8 Å². The van der Waals surface area contributed by atoms with Gasteiger partial charge in [-0.1, -0.05) is 0 Å². The van der Waals surface area contributed by atoms with Crippen LogP contribution in [0.1, 0.15) is 25.7 Å². The number of nitrogens with zero attached hydrogens (tertiary/aromatic N) is 1. The van der Waals surface area contributed by atoms with Crippen LogP contribution in [0.25, 0.3) is 0 Å². The second kappa shape index (κ2) is 8.04. The zero-order valence-corrected chi connectivity index (χ0v) is 12.4. The van der Waals surface area contributed by atoms with E-state index in [-0.39, 0.29) is 18.3 Å². The molecule has 112 valence electrons. The van der Waals surface area contributed by atoms with Gasteiger partial charge in [0.05, 0.1) is 6.61 Å². The smallest absolute Gasteiger partial charge is 0.242 e. The number of nitrogens with two attached hydrogens (primary N) is 1. The Bertz CT molecular complexity index is 285. The molecule has 0 saturated carbocycles. The molecule has 5 nitrogen and oxygen atoms in total. The molecule has 2 N–H and O–H groups in total. The lowest BCUT2D eigenvalue weighted by atomic mass is 9.90. The molecule has 0 aromatic carbocycles. The van der Waals surface area contributed by atoms with Crippen molar-refractivity contribution in [2.24, 2.45) is 11.7 Å². The summed E-state index contributed by atoms with van der Waals surface area (Å²) < 4.78 is 10.4. The van der Waals surface area contributed by atoms with Gasteiger partial charge in [-0.25, -0.2) is 0 Å². The van der Waals surface area contributed by atoms with Crippen molar-refractivity contribution in [1.29, 1.82) is 0 Å². The number of likely N-dealkylation sites (tertiary alicyclic amines) is 1. The van der Waals surface area contributed by atoms with Gasteiger partial charge in [0.25, 0.3) is 0 Å². The number of hydrogen-bond acceptors (Lipinski definition) is 4. The van der Waals surface area contributed by atoms with Crippen LogP contribution in [0.2, 0.25) is 0 Å². The van der Waals surface area contributed by atoms with Crippen molar-refractivity contribution >= 4 is 18.3 Å². The van der Waals surface area contributed by atoms with E-state index in [1.54, 1.807) is 7.11 Å². The van der Waals surface area contributed by atoms with Crippen LogP contribution in [-0.4, -0.2) is 56.4 Å². The van der Waals surface area contributed by atoms with Crippen LogP contribution in [0.15, 0.2) is 0 Å². The van der Waals surface area contributed by atoms with Crippen molar-refractivity contribution in [3.05, 3.63) is 0 Å². The van der Waals surface area contributed by atoms with Gasteiger partial charge in [0.1, 0.15) is 6.04 Å². The highest BCUT2D eigenvalue weighted by Crippen LogP contribution is 2.30. The summed E-state index contributed by atoms with van der Waals surface area (Å²) in [6.45, 7) is 2.80. The molecule has 2 rings (SSSR count). The molecule has 2 atom stereocenters. The molecular formula is C13H25ClN2O3. The van der Waals surface area contributed by atoms with Crippen LogP contribution < -0.4 is 5.73 Å². The lowest BCUT2D eigenvalue weighted by Crippen LogP contribution is -2.50. The first-order valence-electron chi connectivity index (χ1n) is 6.86. The SMILES string of the molecule is COCC(N)C(=O)N1CCCC1C1CCOCC1.Cl. The monoisotopic (exact) mass is 292 g/mol. The van der Waals surface area contributed by atoms with Gasteiger partial charge in [-0.3, -0.25) is 4.79 Å². The van der Waals surface area contributed by atoms with Gasteiger partial charge < -0.3 is 20.1 Å². The van der Waals surface area contributed by atoms with E-state index >= 15 is 0 Å². The van der Waals surface area contributed by atoms with Gasteiger partial charge in [-0.15, -0.1) is 12.4 Å². The Hall–Kier alpha value is -0.360. The summed E-state index contributed by atoms with van der Waals surface area (Å²) in [5, 5.41) is 0. The van der Waals surface area contributed by atoms with Crippen LogP contribution in [0.3, 0.4) is 0 Å². The predicted octanol–water partition coefficient (Wildman–Crippen LogP) is 0.800. The molecular weight excluding hydrogens is 268 g/mol. The third kappa shape index (κ3) is 4.05. The number of methoxy groups -OCH3 is 1. The maximum absolute atomic E-state index is 12.3. The number of carbonyl (C=O) groups is 1. The summed E-state index contributed by atoms with van der Waals surface area (Å²) in [5.41, 5.74) is 5.86. The number of amides is 1. The van der Waals surface area contributed by atoms with Gasteiger partial charge in [0, 0.05) is 32.9 Å². The fourth-order valence-electron chi connectivity index (χ4n) is 3.12. The predicted molar refractivity (Wildman–Crippen MR) is 75.4 cm³/mol. The Balaban J connectivity index is 0.00000180. The summed E-state index contributed by atoms with van der Waals surface area (Å²) in [6.07, 6.45) is 4.32. The Labute approximate surface area is 121 Å². The molecule has 0 aromatic rings. The fraction of sp³-hybridized carbons (Fsp3) is 0.923. The number of carbonyl (C=O) groups excluding carboxylic acids is 1. The first kappa shape index (κ1) is 16.7. The second-order valence-corrected chi connectivity index (χ2v) is 5.25. The molecule has 19 heavy (non-hydrogen) atoms. The van der Waals surface area contributed by atoms with Gasteiger partial charge >= 0.3 is 0 Å². The number of ether oxygens (including phenoxy) is 2. The largest absolute Gasteiger partial charge is 0.383 e. The highest BCUT2D eigenvalue weighted by molar-refractivity contribution is 5.85. The summed E-state index contributed by atoms with van der Waals surface area (Å²) in [7, 11) is 1.58. The molecule has 6 heteroatoms. The summed E-state index contributed by atoms with van der Waals surface area (Å²) in [6, 6.07) is -0.153. The van der Waals surface area contributed by atoms with Crippen LogP contribution in [0.5, 0.6) is 0 Å². The van der Waals surface area contributed by atoms with Crippen molar-refractivity contribution in [2.75, 3.05) is 33.5 Å². The van der Waals surface area contributed by atoms with Crippen LogP contribution in [0.4, 0.5) is 0 Å². The van der Waals surface area contributed by atoms with Gasteiger partial charge in [0.2, 0.25) is 5.91 Å². The zero-order chi connectivity index (χ0) is 13.0. The minimum Gasteiger partial charge on any atom is -0.383 e. The first-order chi connectivity index (χ1) is 8.74. The van der Waals surface area contributed by atoms with Gasteiger partial charge in [-0.05, 0) is 31.6 Å². The van der Waals surface area contributed by atoms with Crippen molar-refractivity contribution in [3.63, 3.8) is 0 Å². The number of hydrogen-bond donors (Lipinski definition) is 1. The van der Waals surface area contributed by atoms with E-state index < -0.39 is 6.04 Å². The minimum atomic E-state index is -0.518. The van der Waals surface area contributed by atoms with Crippen LogP contribution in [0, 0.1) is 5.92 Å². The van der Waals surface area contributed by atoms with Gasteiger partial charge in [-0.2, -0.15) is 0 Å². The normalized spacial score (nSPS) is 26.0. The average molecular weight is 293 g/mol. The molecule has 0 aromatic heterocycles. The second-order valence-electron chi connectivity index (χ2n) is 5.25.